The predicted molar refractivity (Wildman–Crippen MR) is 77.8 cm³/mol. The summed E-state index contributed by atoms with van der Waals surface area (Å²) in [6, 6.07) is 0.418. The third kappa shape index (κ3) is 2.79. The summed E-state index contributed by atoms with van der Waals surface area (Å²) < 4.78 is 0. The molecule has 0 aromatic carbocycles. The van der Waals surface area contributed by atoms with Crippen LogP contribution in [-0.4, -0.2) is 54.1 Å². The number of carbonyl (C=O) groups excluding carboxylic acids is 1. The molecule has 4 nitrogen and oxygen atoms in total. The van der Waals surface area contributed by atoms with E-state index in [9.17, 15) is 4.79 Å². The highest BCUT2D eigenvalue weighted by atomic mass is 16.2. The van der Waals surface area contributed by atoms with E-state index in [0.29, 0.717) is 23.8 Å². The van der Waals surface area contributed by atoms with E-state index in [4.69, 9.17) is 0 Å². The molecule has 0 spiro atoms. The van der Waals surface area contributed by atoms with Crippen molar-refractivity contribution in [2.24, 2.45) is 11.8 Å². The van der Waals surface area contributed by atoms with Gasteiger partial charge in [-0.05, 0) is 38.3 Å². The monoisotopic (exact) mass is 267 g/mol. The number of hydrogen-bond donors (Lipinski definition) is 1. The molecule has 4 unspecified atom stereocenters. The van der Waals surface area contributed by atoms with Gasteiger partial charge in [0, 0.05) is 12.6 Å². The molecule has 0 aliphatic carbocycles. The van der Waals surface area contributed by atoms with Crippen molar-refractivity contribution in [1.82, 2.24) is 15.1 Å². The largest absolute Gasteiger partial charge is 0.322 e. The van der Waals surface area contributed by atoms with Crippen LogP contribution in [0.1, 0.15) is 40.5 Å². The van der Waals surface area contributed by atoms with E-state index >= 15 is 0 Å². The van der Waals surface area contributed by atoms with E-state index in [-0.39, 0.29) is 12.2 Å². The number of likely N-dealkylation sites (tertiary alicyclic amines) is 1. The molecule has 0 aromatic rings. The summed E-state index contributed by atoms with van der Waals surface area (Å²) in [6.07, 6.45) is 2.33. The van der Waals surface area contributed by atoms with Crippen LogP contribution in [0.15, 0.2) is 0 Å². The Morgan fingerprint density at radius 3 is 2.63 bits per heavy atom. The van der Waals surface area contributed by atoms with Gasteiger partial charge in [0.2, 0.25) is 5.91 Å². The summed E-state index contributed by atoms with van der Waals surface area (Å²) in [6.45, 7) is 10.9. The second kappa shape index (κ2) is 5.80. The van der Waals surface area contributed by atoms with Gasteiger partial charge in [-0.2, -0.15) is 0 Å². The van der Waals surface area contributed by atoms with E-state index < -0.39 is 0 Å². The van der Waals surface area contributed by atoms with Crippen molar-refractivity contribution >= 4 is 5.91 Å². The van der Waals surface area contributed by atoms with Crippen molar-refractivity contribution in [3.8, 4) is 0 Å². The molecule has 4 atom stereocenters. The minimum absolute atomic E-state index is 0.0109. The zero-order chi connectivity index (χ0) is 14.2. The minimum Gasteiger partial charge on any atom is -0.322 e. The van der Waals surface area contributed by atoms with E-state index in [0.717, 1.165) is 25.9 Å². The first-order valence-corrected chi connectivity index (χ1v) is 7.72. The number of rotatable bonds is 3. The van der Waals surface area contributed by atoms with Crippen molar-refractivity contribution < 1.29 is 4.79 Å². The van der Waals surface area contributed by atoms with Crippen LogP contribution in [0.2, 0.25) is 0 Å². The number of hydrogen-bond acceptors (Lipinski definition) is 3. The highest BCUT2D eigenvalue weighted by Gasteiger charge is 2.44. The fourth-order valence-corrected chi connectivity index (χ4v) is 3.61. The summed E-state index contributed by atoms with van der Waals surface area (Å²) in [7, 11) is 2.17. The predicted octanol–water partition coefficient (Wildman–Crippen LogP) is 1.52. The van der Waals surface area contributed by atoms with Gasteiger partial charge in [0.1, 0.15) is 0 Å². The van der Waals surface area contributed by atoms with Gasteiger partial charge in [-0.15, -0.1) is 0 Å². The van der Waals surface area contributed by atoms with Gasteiger partial charge in [0.15, 0.2) is 0 Å². The molecule has 0 saturated carbocycles. The number of nitrogens with one attached hydrogen (secondary N) is 1. The maximum absolute atomic E-state index is 12.7. The van der Waals surface area contributed by atoms with Crippen LogP contribution in [0, 0.1) is 11.8 Å². The van der Waals surface area contributed by atoms with Gasteiger partial charge < -0.3 is 9.80 Å². The van der Waals surface area contributed by atoms with Crippen LogP contribution in [0.3, 0.4) is 0 Å². The lowest BCUT2D eigenvalue weighted by atomic mass is 9.92. The molecule has 2 fully saturated rings. The fourth-order valence-electron chi connectivity index (χ4n) is 3.61. The third-order valence-electron chi connectivity index (χ3n) is 4.70. The first-order chi connectivity index (χ1) is 8.95. The Kier molecular flexibility index (Phi) is 4.51. The Labute approximate surface area is 117 Å². The highest BCUT2D eigenvalue weighted by Crippen LogP contribution is 2.29. The number of carbonyl (C=O) groups is 1. The van der Waals surface area contributed by atoms with Crippen LogP contribution in [0.5, 0.6) is 0 Å². The van der Waals surface area contributed by atoms with Crippen LogP contribution in [-0.2, 0) is 4.79 Å². The van der Waals surface area contributed by atoms with Gasteiger partial charge in [-0.3, -0.25) is 10.1 Å². The lowest BCUT2D eigenvalue weighted by Gasteiger charge is -2.42. The summed E-state index contributed by atoms with van der Waals surface area (Å²) in [5.74, 6) is 1.25. The molecule has 2 saturated heterocycles. The van der Waals surface area contributed by atoms with Crippen molar-refractivity contribution in [3.05, 3.63) is 0 Å². The van der Waals surface area contributed by atoms with Gasteiger partial charge in [0.05, 0.1) is 12.2 Å². The summed E-state index contributed by atoms with van der Waals surface area (Å²) in [5, 5.41) is 3.53. The number of piperidine rings is 1. The smallest absolute Gasteiger partial charge is 0.241 e. The molecular weight excluding hydrogens is 238 g/mol. The number of amides is 1. The quantitative estimate of drug-likeness (QED) is 0.842. The maximum Gasteiger partial charge on any atom is 0.241 e. The normalized spacial score (nSPS) is 37.4. The van der Waals surface area contributed by atoms with Gasteiger partial charge in [-0.25, -0.2) is 0 Å². The highest BCUT2D eigenvalue weighted by molar-refractivity contribution is 5.85. The van der Waals surface area contributed by atoms with Crippen molar-refractivity contribution in [2.75, 3.05) is 20.1 Å². The summed E-state index contributed by atoms with van der Waals surface area (Å²) in [4.78, 5) is 17.2. The second-order valence-corrected chi connectivity index (χ2v) is 6.65. The van der Waals surface area contributed by atoms with Crippen molar-refractivity contribution in [3.63, 3.8) is 0 Å². The Bertz CT molecular complexity index is 331. The molecular formula is C15H29N3O. The molecule has 4 heteroatoms. The molecule has 1 amide bonds. The van der Waals surface area contributed by atoms with Crippen molar-refractivity contribution in [2.45, 2.75) is 58.8 Å². The molecule has 0 bridgehead atoms. The molecule has 0 aromatic heterocycles. The van der Waals surface area contributed by atoms with Crippen LogP contribution >= 0.6 is 0 Å². The summed E-state index contributed by atoms with van der Waals surface area (Å²) in [5.41, 5.74) is 0. The van der Waals surface area contributed by atoms with Crippen LogP contribution in [0.25, 0.3) is 0 Å². The molecule has 110 valence electrons. The second-order valence-electron chi connectivity index (χ2n) is 6.65. The molecule has 1 N–H and O–H groups in total. The Morgan fingerprint density at radius 2 is 2.11 bits per heavy atom. The number of nitrogens with zero attached hydrogens (tertiary/aromatic N) is 2. The zero-order valence-corrected chi connectivity index (χ0v) is 13.0. The van der Waals surface area contributed by atoms with Crippen LogP contribution < -0.4 is 5.32 Å². The molecule has 19 heavy (non-hydrogen) atoms. The maximum atomic E-state index is 12.7. The Balaban J connectivity index is 2.15. The molecule has 2 aliphatic rings. The molecule has 0 radical (unpaired) electrons. The van der Waals surface area contributed by atoms with Crippen molar-refractivity contribution in [1.29, 1.82) is 0 Å². The van der Waals surface area contributed by atoms with E-state index in [2.05, 4.69) is 49.9 Å². The zero-order valence-electron chi connectivity index (χ0n) is 13.0. The lowest BCUT2D eigenvalue weighted by molar-refractivity contribution is -0.135. The topological polar surface area (TPSA) is 35.6 Å². The summed E-state index contributed by atoms with van der Waals surface area (Å²) >= 11 is 0. The standard InChI is InChI=1S/C15H29N3O/c1-6-13-16-14(10(2)3)15(19)18(13)12-7-8-17(5)9-11(12)4/h10-14,16H,6-9H2,1-5H3. The Morgan fingerprint density at radius 1 is 1.42 bits per heavy atom. The first-order valence-electron chi connectivity index (χ1n) is 7.72. The van der Waals surface area contributed by atoms with E-state index in [1.54, 1.807) is 0 Å². The third-order valence-corrected chi connectivity index (χ3v) is 4.70. The molecule has 2 heterocycles. The van der Waals surface area contributed by atoms with E-state index in [1.165, 1.54) is 0 Å². The van der Waals surface area contributed by atoms with Gasteiger partial charge >= 0.3 is 0 Å². The molecule has 2 aliphatic heterocycles. The van der Waals surface area contributed by atoms with Gasteiger partial charge in [0.25, 0.3) is 0 Å². The first kappa shape index (κ1) is 14.8. The lowest BCUT2D eigenvalue weighted by Crippen LogP contribution is -2.53. The van der Waals surface area contributed by atoms with Gasteiger partial charge in [-0.1, -0.05) is 27.7 Å². The van der Waals surface area contributed by atoms with Crippen LogP contribution in [0.4, 0.5) is 0 Å². The average molecular weight is 267 g/mol. The Hall–Kier alpha value is -0.610. The average Bonchev–Trinajstić information content (AvgIpc) is 2.67. The SMILES string of the molecule is CCC1NC(C(C)C)C(=O)N1C1CCN(C)CC1C. The molecule has 2 rings (SSSR count). The minimum atomic E-state index is 0.0109. The van der Waals surface area contributed by atoms with E-state index in [1.807, 2.05) is 0 Å². The fraction of sp³-hybridized carbons (Fsp3) is 0.933.